The summed E-state index contributed by atoms with van der Waals surface area (Å²) in [6.07, 6.45) is 6.01. The molecule has 0 aliphatic rings. The predicted octanol–water partition coefficient (Wildman–Crippen LogP) is 3.29. The zero-order valence-electron chi connectivity index (χ0n) is 9.10. The van der Waals surface area contributed by atoms with Crippen molar-refractivity contribution in [1.82, 2.24) is 19.7 Å². The zero-order chi connectivity index (χ0) is 12.3. The molecule has 0 bridgehead atoms. The van der Waals surface area contributed by atoms with Crippen LogP contribution in [0, 0.1) is 0 Å². The van der Waals surface area contributed by atoms with Crippen LogP contribution in [0.2, 0.25) is 5.28 Å². The van der Waals surface area contributed by atoms with Crippen LogP contribution in [0.1, 0.15) is 13.3 Å². The van der Waals surface area contributed by atoms with E-state index in [1.165, 1.54) is 0 Å². The number of nitrogens with zero attached hydrogens (tertiary/aromatic N) is 4. The number of rotatable bonds is 4. The Labute approximate surface area is 112 Å². The molecule has 0 amide bonds. The highest BCUT2D eigenvalue weighted by atomic mass is 79.9. The van der Waals surface area contributed by atoms with Gasteiger partial charge in [-0.05, 0) is 34.0 Å². The summed E-state index contributed by atoms with van der Waals surface area (Å²) >= 11 is 8.98. The summed E-state index contributed by atoms with van der Waals surface area (Å²) in [4.78, 5) is 7.79. The molecule has 0 N–H and O–H groups in total. The maximum atomic E-state index is 5.69. The lowest BCUT2D eigenvalue weighted by molar-refractivity contribution is 0.456. The van der Waals surface area contributed by atoms with Gasteiger partial charge in [0.25, 0.3) is 0 Å². The van der Waals surface area contributed by atoms with Gasteiger partial charge in [0, 0.05) is 12.7 Å². The first-order valence-electron chi connectivity index (χ1n) is 5.07. The Morgan fingerprint density at radius 3 is 3.06 bits per heavy atom. The van der Waals surface area contributed by atoms with Crippen molar-refractivity contribution in [3.63, 3.8) is 0 Å². The van der Waals surface area contributed by atoms with Crippen LogP contribution < -0.4 is 4.74 Å². The maximum absolute atomic E-state index is 5.69. The molecule has 0 atom stereocenters. The van der Waals surface area contributed by atoms with Crippen LogP contribution in [0.25, 0.3) is 0 Å². The minimum absolute atomic E-state index is 0.143. The fourth-order valence-corrected chi connectivity index (χ4v) is 1.66. The van der Waals surface area contributed by atoms with E-state index in [1.54, 1.807) is 12.4 Å². The van der Waals surface area contributed by atoms with Gasteiger partial charge in [-0.25, -0.2) is 4.98 Å². The largest absolute Gasteiger partial charge is 0.434 e. The first-order valence-corrected chi connectivity index (χ1v) is 6.24. The van der Waals surface area contributed by atoms with E-state index in [0.717, 1.165) is 13.0 Å². The Morgan fingerprint density at radius 2 is 2.29 bits per heavy atom. The van der Waals surface area contributed by atoms with Crippen molar-refractivity contribution in [2.75, 3.05) is 0 Å². The van der Waals surface area contributed by atoms with E-state index in [9.17, 15) is 0 Å². The Hall–Kier alpha value is -1.14. The minimum Gasteiger partial charge on any atom is -0.434 e. The quantitative estimate of drug-likeness (QED) is 0.812. The fourth-order valence-electron chi connectivity index (χ4n) is 1.26. The Morgan fingerprint density at radius 1 is 1.47 bits per heavy atom. The van der Waals surface area contributed by atoms with Gasteiger partial charge in [-0.1, -0.05) is 6.92 Å². The van der Waals surface area contributed by atoms with E-state index in [1.807, 2.05) is 10.9 Å². The number of hydrogen-bond donors (Lipinski definition) is 0. The van der Waals surface area contributed by atoms with E-state index < -0.39 is 0 Å². The molecule has 0 spiro atoms. The van der Waals surface area contributed by atoms with Gasteiger partial charge in [0.15, 0.2) is 5.75 Å². The van der Waals surface area contributed by atoms with Crippen molar-refractivity contribution < 1.29 is 4.74 Å². The molecule has 2 heterocycles. The van der Waals surface area contributed by atoms with Crippen LogP contribution in [0.4, 0.5) is 0 Å². The molecule has 0 unspecified atom stereocenters. The molecule has 0 fully saturated rings. The minimum atomic E-state index is 0.143. The molecule has 7 heteroatoms. The molecule has 17 heavy (non-hydrogen) atoms. The van der Waals surface area contributed by atoms with Crippen LogP contribution in [0.15, 0.2) is 23.1 Å². The Bertz CT molecular complexity index is 517. The third kappa shape index (κ3) is 3.17. The number of aromatic nitrogens is 4. The second kappa shape index (κ2) is 5.46. The molecule has 0 saturated heterocycles. The second-order valence-corrected chi connectivity index (χ2v) is 4.53. The summed E-state index contributed by atoms with van der Waals surface area (Å²) in [5.41, 5.74) is 0. The third-order valence-electron chi connectivity index (χ3n) is 1.96. The van der Waals surface area contributed by atoms with E-state index in [0.29, 0.717) is 16.1 Å². The molecule has 0 saturated carbocycles. The van der Waals surface area contributed by atoms with Crippen molar-refractivity contribution in [3.8, 4) is 11.6 Å². The highest BCUT2D eigenvalue weighted by Gasteiger charge is 2.08. The maximum Gasteiger partial charge on any atom is 0.238 e. The summed E-state index contributed by atoms with van der Waals surface area (Å²) < 4.78 is 8.01. The molecule has 5 nitrogen and oxygen atoms in total. The summed E-state index contributed by atoms with van der Waals surface area (Å²) in [6.45, 7) is 2.94. The summed E-state index contributed by atoms with van der Waals surface area (Å²) in [6, 6.07) is 0. The van der Waals surface area contributed by atoms with Crippen molar-refractivity contribution >= 4 is 27.5 Å². The molecule has 0 radical (unpaired) electrons. The molecule has 0 aromatic carbocycles. The predicted molar refractivity (Wildman–Crippen MR) is 67.3 cm³/mol. The van der Waals surface area contributed by atoms with Gasteiger partial charge in [-0.2, -0.15) is 10.1 Å². The van der Waals surface area contributed by atoms with Crippen molar-refractivity contribution in [2.45, 2.75) is 19.9 Å². The van der Waals surface area contributed by atoms with Gasteiger partial charge in [0.05, 0.1) is 16.9 Å². The Kier molecular flexibility index (Phi) is 3.96. The molecule has 0 aliphatic carbocycles. The second-order valence-electron chi connectivity index (χ2n) is 3.33. The number of hydrogen-bond acceptors (Lipinski definition) is 4. The fraction of sp³-hybridized carbons (Fsp3) is 0.300. The molecule has 2 aromatic heterocycles. The topological polar surface area (TPSA) is 52.8 Å². The van der Waals surface area contributed by atoms with Gasteiger partial charge >= 0.3 is 0 Å². The van der Waals surface area contributed by atoms with Crippen LogP contribution >= 0.6 is 27.5 Å². The Balaban J connectivity index is 2.16. The zero-order valence-corrected chi connectivity index (χ0v) is 11.4. The van der Waals surface area contributed by atoms with E-state index in [-0.39, 0.29) is 5.28 Å². The number of ether oxygens (including phenoxy) is 1. The van der Waals surface area contributed by atoms with Crippen molar-refractivity contribution in [1.29, 1.82) is 0 Å². The van der Waals surface area contributed by atoms with Crippen LogP contribution in [0.3, 0.4) is 0 Å². The number of halogens is 2. The standard InChI is InChI=1S/C10H10BrClN4O/c1-2-3-16-6-7(4-14-16)17-9-8(11)5-13-10(12)15-9/h4-6H,2-3H2,1H3. The molecule has 0 aliphatic heterocycles. The molecular weight excluding hydrogens is 307 g/mol. The number of aryl methyl sites for hydroxylation is 1. The van der Waals surface area contributed by atoms with Gasteiger partial charge < -0.3 is 4.74 Å². The lowest BCUT2D eigenvalue weighted by atomic mass is 10.5. The molecule has 2 rings (SSSR count). The monoisotopic (exact) mass is 316 g/mol. The highest BCUT2D eigenvalue weighted by Crippen LogP contribution is 2.27. The summed E-state index contributed by atoms with van der Waals surface area (Å²) in [7, 11) is 0. The van der Waals surface area contributed by atoms with Crippen LogP contribution in [-0.2, 0) is 6.54 Å². The van der Waals surface area contributed by atoms with Gasteiger partial charge in [0.2, 0.25) is 11.2 Å². The smallest absolute Gasteiger partial charge is 0.238 e. The average molecular weight is 318 g/mol. The summed E-state index contributed by atoms with van der Waals surface area (Å²) in [5, 5.41) is 4.30. The van der Waals surface area contributed by atoms with Gasteiger partial charge in [-0.3, -0.25) is 4.68 Å². The first-order chi connectivity index (χ1) is 8.19. The molecule has 2 aromatic rings. The molecule has 90 valence electrons. The van der Waals surface area contributed by atoms with E-state index in [2.05, 4.69) is 37.9 Å². The lowest BCUT2D eigenvalue weighted by Crippen LogP contribution is -1.95. The van der Waals surface area contributed by atoms with E-state index in [4.69, 9.17) is 16.3 Å². The van der Waals surface area contributed by atoms with Crippen molar-refractivity contribution in [3.05, 3.63) is 28.3 Å². The van der Waals surface area contributed by atoms with Crippen LogP contribution in [-0.4, -0.2) is 19.7 Å². The SMILES string of the molecule is CCCn1cc(Oc2nc(Cl)ncc2Br)cn1. The third-order valence-corrected chi connectivity index (χ3v) is 2.69. The summed E-state index contributed by atoms with van der Waals surface area (Å²) in [5.74, 6) is 0.995. The van der Waals surface area contributed by atoms with Crippen molar-refractivity contribution in [2.24, 2.45) is 0 Å². The normalized spacial score (nSPS) is 10.5. The van der Waals surface area contributed by atoms with Crippen LogP contribution in [0.5, 0.6) is 11.6 Å². The lowest BCUT2D eigenvalue weighted by Gasteiger charge is -2.03. The first kappa shape index (κ1) is 12.3. The average Bonchev–Trinajstić information content (AvgIpc) is 2.72. The van der Waals surface area contributed by atoms with Gasteiger partial charge in [-0.15, -0.1) is 0 Å². The molecular formula is C10H10BrClN4O. The van der Waals surface area contributed by atoms with Gasteiger partial charge in [0.1, 0.15) is 0 Å². The van der Waals surface area contributed by atoms with E-state index >= 15 is 0 Å². The highest BCUT2D eigenvalue weighted by molar-refractivity contribution is 9.10.